The van der Waals surface area contributed by atoms with Gasteiger partial charge < -0.3 is 10.4 Å². The summed E-state index contributed by atoms with van der Waals surface area (Å²) >= 11 is 0. The van der Waals surface area contributed by atoms with Crippen LogP contribution < -0.4 is 5.32 Å². The number of carbonyl (C=O) groups excluding carboxylic acids is 1. The number of carboxylic acid groups (broad SMARTS) is 1. The molecular weight excluding hydrogens is 260 g/mol. The zero-order valence-electron chi connectivity index (χ0n) is 10.7. The van der Waals surface area contributed by atoms with Crippen LogP contribution in [0, 0.1) is 6.92 Å². The second kappa shape index (κ2) is 5.87. The summed E-state index contributed by atoms with van der Waals surface area (Å²) < 4.78 is 0. The predicted octanol–water partition coefficient (Wildman–Crippen LogP) is 0.808. The van der Waals surface area contributed by atoms with Crippen molar-refractivity contribution in [3.8, 4) is 0 Å². The van der Waals surface area contributed by atoms with Crippen LogP contribution >= 0.6 is 0 Å². The number of hydrogen-bond donors (Lipinski definition) is 2. The van der Waals surface area contributed by atoms with Crippen molar-refractivity contribution in [3.63, 3.8) is 0 Å². The van der Waals surface area contributed by atoms with Gasteiger partial charge in [0, 0.05) is 18.0 Å². The molecular formula is C13H12N4O3. The number of aromatic nitrogens is 3. The Morgan fingerprint density at radius 2 is 2.00 bits per heavy atom. The third-order valence-corrected chi connectivity index (χ3v) is 2.51. The fourth-order valence-electron chi connectivity index (χ4n) is 1.57. The minimum Gasteiger partial charge on any atom is -0.477 e. The summed E-state index contributed by atoms with van der Waals surface area (Å²) in [5, 5.41) is 11.5. The maximum atomic E-state index is 11.9. The smallest absolute Gasteiger partial charge is 0.354 e. The first kappa shape index (κ1) is 13.6. The van der Waals surface area contributed by atoms with Gasteiger partial charge in [-0.25, -0.2) is 19.7 Å². The number of aromatic carboxylic acids is 1. The molecule has 0 saturated heterocycles. The molecule has 1 amide bonds. The lowest BCUT2D eigenvalue weighted by molar-refractivity contribution is 0.0690. The molecule has 20 heavy (non-hydrogen) atoms. The second-order valence-electron chi connectivity index (χ2n) is 4.01. The first-order valence-corrected chi connectivity index (χ1v) is 5.82. The minimum atomic E-state index is -1.17. The van der Waals surface area contributed by atoms with Crippen LogP contribution in [0.25, 0.3) is 0 Å². The van der Waals surface area contributed by atoms with Gasteiger partial charge in [-0.2, -0.15) is 0 Å². The summed E-state index contributed by atoms with van der Waals surface area (Å²) in [6.07, 6.45) is 2.89. The molecule has 0 fully saturated rings. The number of nitrogens with zero attached hydrogens (tertiary/aromatic N) is 3. The number of nitrogens with one attached hydrogen (secondary N) is 1. The van der Waals surface area contributed by atoms with Gasteiger partial charge in [0.05, 0.1) is 12.2 Å². The van der Waals surface area contributed by atoms with Crippen LogP contribution in [0.2, 0.25) is 0 Å². The molecule has 2 N–H and O–H groups in total. The zero-order chi connectivity index (χ0) is 14.5. The number of carboxylic acids is 1. The van der Waals surface area contributed by atoms with E-state index in [1.807, 2.05) is 0 Å². The summed E-state index contributed by atoms with van der Waals surface area (Å²) in [7, 11) is 0. The van der Waals surface area contributed by atoms with E-state index in [0.717, 1.165) is 0 Å². The zero-order valence-corrected chi connectivity index (χ0v) is 10.7. The molecule has 2 aromatic rings. The summed E-state index contributed by atoms with van der Waals surface area (Å²) in [5.41, 5.74) is 0.747. The SMILES string of the molecule is Cc1nccc(CNC(=O)c2ccnc(C(=O)O)c2)n1. The highest BCUT2D eigenvalue weighted by molar-refractivity contribution is 5.96. The lowest BCUT2D eigenvalue weighted by Gasteiger charge is -2.05. The molecule has 102 valence electrons. The average molecular weight is 272 g/mol. The lowest BCUT2D eigenvalue weighted by Crippen LogP contribution is -2.24. The van der Waals surface area contributed by atoms with Crippen LogP contribution in [-0.4, -0.2) is 31.9 Å². The van der Waals surface area contributed by atoms with Crippen LogP contribution in [-0.2, 0) is 6.54 Å². The highest BCUT2D eigenvalue weighted by Crippen LogP contribution is 2.03. The van der Waals surface area contributed by atoms with Crippen LogP contribution in [0.4, 0.5) is 0 Å². The molecule has 0 radical (unpaired) electrons. The average Bonchev–Trinajstić information content (AvgIpc) is 2.45. The van der Waals surface area contributed by atoms with Crippen molar-refractivity contribution >= 4 is 11.9 Å². The molecule has 0 spiro atoms. The molecule has 2 heterocycles. The number of hydrogen-bond acceptors (Lipinski definition) is 5. The molecule has 0 bridgehead atoms. The maximum Gasteiger partial charge on any atom is 0.354 e. The number of aryl methyl sites for hydroxylation is 1. The molecule has 0 saturated carbocycles. The summed E-state index contributed by atoms with van der Waals surface area (Å²) in [6, 6.07) is 4.37. The van der Waals surface area contributed by atoms with E-state index in [0.29, 0.717) is 11.5 Å². The first-order chi connectivity index (χ1) is 9.56. The van der Waals surface area contributed by atoms with Crippen LogP contribution in [0.1, 0.15) is 32.4 Å². The highest BCUT2D eigenvalue weighted by Gasteiger charge is 2.10. The molecule has 2 rings (SSSR count). The van der Waals surface area contributed by atoms with Crippen molar-refractivity contribution in [1.29, 1.82) is 0 Å². The van der Waals surface area contributed by atoms with Gasteiger partial charge in [0.15, 0.2) is 0 Å². The Morgan fingerprint density at radius 1 is 1.25 bits per heavy atom. The van der Waals surface area contributed by atoms with Gasteiger partial charge in [-0.3, -0.25) is 4.79 Å². The van der Waals surface area contributed by atoms with Gasteiger partial charge in [-0.05, 0) is 25.1 Å². The largest absolute Gasteiger partial charge is 0.477 e. The normalized spacial score (nSPS) is 10.1. The maximum absolute atomic E-state index is 11.9. The highest BCUT2D eigenvalue weighted by atomic mass is 16.4. The van der Waals surface area contributed by atoms with Crippen molar-refractivity contribution < 1.29 is 14.7 Å². The Kier molecular flexibility index (Phi) is 3.99. The molecule has 0 atom stereocenters. The van der Waals surface area contributed by atoms with Gasteiger partial charge in [-0.15, -0.1) is 0 Å². The van der Waals surface area contributed by atoms with Crippen molar-refractivity contribution in [2.75, 3.05) is 0 Å². The number of amides is 1. The summed E-state index contributed by atoms with van der Waals surface area (Å²) in [5.74, 6) is -0.939. The standard InChI is InChI=1S/C13H12N4O3/c1-8-14-5-3-10(17-8)7-16-12(18)9-2-4-15-11(6-9)13(19)20/h2-6H,7H2,1H3,(H,16,18)(H,19,20). The molecule has 0 aliphatic rings. The van der Waals surface area contributed by atoms with E-state index >= 15 is 0 Å². The Hall–Kier alpha value is -2.83. The molecule has 0 aliphatic carbocycles. The van der Waals surface area contributed by atoms with E-state index in [4.69, 9.17) is 5.11 Å². The van der Waals surface area contributed by atoms with Gasteiger partial charge in [0.1, 0.15) is 11.5 Å². The number of pyridine rings is 1. The van der Waals surface area contributed by atoms with Gasteiger partial charge in [0.2, 0.25) is 0 Å². The predicted molar refractivity (Wildman–Crippen MR) is 69.1 cm³/mol. The van der Waals surface area contributed by atoms with Crippen LogP contribution in [0.3, 0.4) is 0 Å². The van der Waals surface area contributed by atoms with E-state index in [2.05, 4.69) is 20.3 Å². The van der Waals surface area contributed by atoms with E-state index in [1.165, 1.54) is 18.3 Å². The fraction of sp³-hybridized carbons (Fsp3) is 0.154. The van der Waals surface area contributed by atoms with Crippen LogP contribution in [0.15, 0.2) is 30.6 Å². The van der Waals surface area contributed by atoms with Crippen molar-refractivity contribution in [2.24, 2.45) is 0 Å². The molecule has 0 aliphatic heterocycles. The van der Waals surface area contributed by atoms with E-state index in [-0.39, 0.29) is 23.7 Å². The monoisotopic (exact) mass is 272 g/mol. The van der Waals surface area contributed by atoms with E-state index in [1.54, 1.807) is 19.2 Å². The Labute approximate surface area is 114 Å². The van der Waals surface area contributed by atoms with E-state index in [9.17, 15) is 9.59 Å². The first-order valence-electron chi connectivity index (χ1n) is 5.82. The summed E-state index contributed by atoms with van der Waals surface area (Å²) in [6.45, 7) is 2.00. The minimum absolute atomic E-state index is 0.171. The number of carbonyl (C=O) groups is 2. The fourth-order valence-corrected chi connectivity index (χ4v) is 1.57. The third-order valence-electron chi connectivity index (χ3n) is 2.51. The van der Waals surface area contributed by atoms with Gasteiger partial charge in [-0.1, -0.05) is 0 Å². The van der Waals surface area contributed by atoms with E-state index < -0.39 is 5.97 Å². The molecule has 7 nitrogen and oxygen atoms in total. The van der Waals surface area contributed by atoms with Crippen LogP contribution in [0.5, 0.6) is 0 Å². The Balaban J connectivity index is 2.05. The summed E-state index contributed by atoms with van der Waals surface area (Å²) in [4.78, 5) is 34.4. The van der Waals surface area contributed by atoms with Crippen molar-refractivity contribution in [1.82, 2.24) is 20.3 Å². The molecule has 7 heteroatoms. The second-order valence-corrected chi connectivity index (χ2v) is 4.01. The topological polar surface area (TPSA) is 105 Å². The van der Waals surface area contributed by atoms with Gasteiger partial charge >= 0.3 is 5.97 Å². The third kappa shape index (κ3) is 3.35. The lowest BCUT2D eigenvalue weighted by atomic mass is 10.2. The Bertz CT molecular complexity index is 658. The molecule has 2 aromatic heterocycles. The van der Waals surface area contributed by atoms with Crippen molar-refractivity contribution in [3.05, 3.63) is 53.4 Å². The number of rotatable bonds is 4. The quantitative estimate of drug-likeness (QED) is 0.853. The molecule has 0 unspecified atom stereocenters. The molecule has 0 aromatic carbocycles. The van der Waals surface area contributed by atoms with Gasteiger partial charge in [0.25, 0.3) is 5.91 Å². The van der Waals surface area contributed by atoms with Crippen molar-refractivity contribution in [2.45, 2.75) is 13.5 Å². The Morgan fingerprint density at radius 3 is 2.70 bits per heavy atom.